The molecule has 0 spiro atoms. The van der Waals surface area contributed by atoms with Crippen molar-refractivity contribution in [2.24, 2.45) is 4.99 Å². The number of guanidine groups is 1. The maximum atomic E-state index is 5.88. The van der Waals surface area contributed by atoms with E-state index in [4.69, 9.17) is 9.47 Å². The number of hydrogen-bond donors (Lipinski definition) is 2. The van der Waals surface area contributed by atoms with Gasteiger partial charge in [0.1, 0.15) is 12.4 Å². The van der Waals surface area contributed by atoms with E-state index < -0.39 is 0 Å². The van der Waals surface area contributed by atoms with Crippen LogP contribution in [0.4, 0.5) is 0 Å². The molecule has 0 bridgehead atoms. The van der Waals surface area contributed by atoms with Crippen LogP contribution in [-0.4, -0.2) is 42.9 Å². The summed E-state index contributed by atoms with van der Waals surface area (Å²) in [5.41, 5.74) is 4.67. The minimum atomic E-state index is 0. The molecule has 0 aliphatic carbocycles. The molecular formula is C24H32IN5O2. The first-order chi connectivity index (χ1) is 15.2. The predicted molar refractivity (Wildman–Crippen MR) is 139 cm³/mol. The molecule has 3 aromatic rings. The maximum absolute atomic E-state index is 5.88. The highest BCUT2D eigenvalue weighted by atomic mass is 127. The third-order valence-corrected chi connectivity index (χ3v) is 4.81. The smallest absolute Gasteiger partial charge is 0.191 e. The number of aryl methyl sites for hydroxylation is 1. The summed E-state index contributed by atoms with van der Waals surface area (Å²) in [6.07, 6.45) is 5.59. The Morgan fingerprint density at radius 3 is 2.62 bits per heavy atom. The Morgan fingerprint density at radius 2 is 1.88 bits per heavy atom. The third kappa shape index (κ3) is 8.16. The van der Waals surface area contributed by atoms with Crippen molar-refractivity contribution in [2.75, 3.05) is 27.4 Å². The number of methoxy groups -OCH3 is 1. The number of nitrogens with one attached hydrogen (secondary N) is 2. The highest BCUT2D eigenvalue weighted by molar-refractivity contribution is 14.0. The van der Waals surface area contributed by atoms with E-state index >= 15 is 0 Å². The Labute approximate surface area is 207 Å². The molecule has 2 aromatic carbocycles. The van der Waals surface area contributed by atoms with Gasteiger partial charge in [-0.1, -0.05) is 36.4 Å². The maximum Gasteiger partial charge on any atom is 0.191 e. The second-order valence-electron chi connectivity index (χ2n) is 7.29. The Hall–Kier alpha value is -2.59. The van der Waals surface area contributed by atoms with Crippen molar-refractivity contribution < 1.29 is 9.47 Å². The molecule has 1 aromatic heterocycles. The van der Waals surface area contributed by atoms with E-state index in [-0.39, 0.29) is 24.0 Å². The quantitative estimate of drug-likeness (QED) is 0.175. The average Bonchev–Trinajstić information content (AvgIpc) is 3.28. The first-order valence-corrected chi connectivity index (χ1v) is 10.4. The summed E-state index contributed by atoms with van der Waals surface area (Å²) in [6.45, 7) is 5.24. The Bertz CT molecular complexity index is 976. The van der Waals surface area contributed by atoms with E-state index in [2.05, 4.69) is 74.6 Å². The van der Waals surface area contributed by atoms with Crippen molar-refractivity contribution in [1.29, 1.82) is 0 Å². The van der Waals surface area contributed by atoms with Crippen LogP contribution in [-0.2, 0) is 24.4 Å². The summed E-state index contributed by atoms with van der Waals surface area (Å²) in [5, 5.41) is 6.76. The van der Waals surface area contributed by atoms with Crippen LogP contribution in [0.5, 0.6) is 5.75 Å². The van der Waals surface area contributed by atoms with Crippen LogP contribution in [0.2, 0.25) is 0 Å². The second kappa shape index (κ2) is 13.7. The lowest BCUT2D eigenvalue weighted by molar-refractivity contribution is 0.145. The lowest BCUT2D eigenvalue weighted by Crippen LogP contribution is -2.36. The molecule has 1 heterocycles. The van der Waals surface area contributed by atoms with Gasteiger partial charge in [0.2, 0.25) is 0 Å². The van der Waals surface area contributed by atoms with Crippen LogP contribution in [0, 0.1) is 6.92 Å². The minimum Gasteiger partial charge on any atom is -0.491 e. The van der Waals surface area contributed by atoms with E-state index in [0.717, 1.165) is 29.4 Å². The van der Waals surface area contributed by atoms with Crippen molar-refractivity contribution in [3.05, 3.63) is 83.4 Å². The van der Waals surface area contributed by atoms with Crippen molar-refractivity contribution >= 4 is 29.9 Å². The lowest BCUT2D eigenvalue weighted by atomic mass is 10.1. The summed E-state index contributed by atoms with van der Waals surface area (Å²) in [4.78, 5) is 8.45. The molecule has 0 unspecified atom stereocenters. The lowest BCUT2D eigenvalue weighted by Gasteiger charge is -2.16. The molecule has 0 aliphatic rings. The fraction of sp³-hybridized carbons (Fsp3) is 0.333. The highest BCUT2D eigenvalue weighted by Gasteiger charge is 2.06. The third-order valence-electron chi connectivity index (χ3n) is 4.81. The van der Waals surface area contributed by atoms with Crippen LogP contribution in [0.15, 0.2) is 66.2 Å². The monoisotopic (exact) mass is 549 g/mol. The van der Waals surface area contributed by atoms with Gasteiger partial charge in [-0.2, -0.15) is 0 Å². The molecule has 0 saturated carbocycles. The number of ether oxygens (including phenoxy) is 2. The minimum absolute atomic E-state index is 0. The second-order valence-corrected chi connectivity index (χ2v) is 7.29. The van der Waals surface area contributed by atoms with Crippen molar-refractivity contribution in [1.82, 2.24) is 20.2 Å². The molecule has 0 radical (unpaired) electrons. The normalized spacial score (nSPS) is 11.0. The number of imidazole rings is 1. The van der Waals surface area contributed by atoms with Crippen LogP contribution >= 0.6 is 24.0 Å². The summed E-state index contributed by atoms with van der Waals surface area (Å²) in [7, 11) is 3.45. The fourth-order valence-corrected chi connectivity index (χ4v) is 3.19. The number of aromatic nitrogens is 2. The molecule has 0 aliphatic heterocycles. The van der Waals surface area contributed by atoms with Gasteiger partial charge in [-0.15, -0.1) is 24.0 Å². The topological polar surface area (TPSA) is 72.7 Å². The summed E-state index contributed by atoms with van der Waals surface area (Å²) < 4.78 is 13.0. The van der Waals surface area contributed by atoms with Crippen LogP contribution in [0.3, 0.4) is 0 Å². The van der Waals surface area contributed by atoms with E-state index in [9.17, 15) is 0 Å². The number of aliphatic imine (C=N–C) groups is 1. The van der Waals surface area contributed by atoms with Gasteiger partial charge in [-0.05, 0) is 29.7 Å². The van der Waals surface area contributed by atoms with Gasteiger partial charge in [0, 0.05) is 51.7 Å². The molecule has 0 atom stereocenters. The SMILES string of the molecule is CN=C(NCc1cccc(Cn2ccnc2)c1)NCc1ccc(C)cc1OCCOC.I. The number of nitrogens with zero attached hydrogens (tertiary/aromatic N) is 3. The molecule has 8 heteroatoms. The van der Waals surface area contributed by atoms with Crippen LogP contribution < -0.4 is 15.4 Å². The zero-order valence-corrected chi connectivity index (χ0v) is 21.2. The molecule has 0 saturated heterocycles. The highest BCUT2D eigenvalue weighted by Crippen LogP contribution is 2.20. The average molecular weight is 549 g/mol. The molecule has 0 amide bonds. The molecular weight excluding hydrogens is 517 g/mol. The zero-order chi connectivity index (χ0) is 21.9. The van der Waals surface area contributed by atoms with Gasteiger partial charge in [-0.25, -0.2) is 4.98 Å². The van der Waals surface area contributed by atoms with Crippen LogP contribution in [0.1, 0.15) is 22.3 Å². The largest absolute Gasteiger partial charge is 0.491 e. The standard InChI is InChI=1S/C24H31N5O2.HI/c1-19-7-8-22(23(13-19)31-12-11-30-3)16-28-24(25-2)27-15-20-5-4-6-21(14-20)17-29-10-9-26-18-29;/h4-10,13-14,18H,11-12,15-17H2,1-3H3,(H2,25,27,28);1H. The fourth-order valence-electron chi connectivity index (χ4n) is 3.19. The summed E-state index contributed by atoms with van der Waals surface area (Å²) in [5.74, 6) is 1.61. The van der Waals surface area contributed by atoms with Gasteiger partial charge in [-0.3, -0.25) is 4.99 Å². The van der Waals surface area contributed by atoms with Crippen LogP contribution in [0.25, 0.3) is 0 Å². The first kappa shape index (κ1) is 25.7. The zero-order valence-electron chi connectivity index (χ0n) is 18.9. The molecule has 7 nitrogen and oxygen atoms in total. The van der Waals surface area contributed by atoms with Gasteiger partial charge >= 0.3 is 0 Å². The number of rotatable bonds is 10. The predicted octanol–water partition coefficient (Wildman–Crippen LogP) is 3.75. The van der Waals surface area contributed by atoms with E-state index in [0.29, 0.717) is 26.3 Å². The summed E-state index contributed by atoms with van der Waals surface area (Å²) in [6, 6.07) is 14.7. The molecule has 172 valence electrons. The first-order valence-electron chi connectivity index (χ1n) is 10.4. The van der Waals surface area contributed by atoms with E-state index in [1.165, 1.54) is 11.1 Å². The van der Waals surface area contributed by atoms with Gasteiger partial charge in [0.05, 0.1) is 12.9 Å². The van der Waals surface area contributed by atoms with E-state index in [1.54, 1.807) is 20.4 Å². The number of halogens is 1. The Kier molecular flexibility index (Phi) is 11.0. The van der Waals surface area contributed by atoms with Crippen molar-refractivity contribution in [3.8, 4) is 5.75 Å². The van der Waals surface area contributed by atoms with Crippen molar-refractivity contribution in [2.45, 2.75) is 26.6 Å². The Balaban J connectivity index is 0.00000363. The molecule has 32 heavy (non-hydrogen) atoms. The Morgan fingerprint density at radius 1 is 1.06 bits per heavy atom. The number of hydrogen-bond acceptors (Lipinski definition) is 4. The molecule has 2 N–H and O–H groups in total. The number of benzene rings is 2. The van der Waals surface area contributed by atoms with Gasteiger partial charge < -0.3 is 24.7 Å². The van der Waals surface area contributed by atoms with Crippen molar-refractivity contribution in [3.63, 3.8) is 0 Å². The summed E-state index contributed by atoms with van der Waals surface area (Å²) >= 11 is 0. The molecule has 0 fully saturated rings. The van der Waals surface area contributed by atoms with Gasteiger partial charge in [0.25, 0.3) is 0 Å². The van der Waals surface area contributed by atoms with E-state index in [1.807, 2.05) is 12.5 Å². The van der Waals surface area contributed by atoms with Gasteiger partial charge in [0.15, 0.2) is 5.96 Å². The molecule has 3 rings (SSSR count).